The lowest BCUT2D eigenvalue weighted by Gasteiger charge is -2.29. The van der Waals surface area contributed by atoms with Crippen LogP contribution < -0.4 is 5.32 Å². The fourth-order valence-corrected chi connectivity index (χ4v) is 3.42. The molecule has 1 unspecified atom stereocenters. The molecule has 0 bridgehead atoms. The summed E-state index contributed by atoms with van der Waals surface area (Å²) >= 11 is 0. The Morgan fingerprint density at radius 1 is 1.23 bits per heavy atom. The number of nitrogens with zero attached hydrogens (tertiary/aromatic N) is 2. The smallest absolute Gasteiger partial charge is 0.239 e. The number of amides is 1. The normalized spacial score (nSPS) is 15.3. The molecule has 2 aromatic carbocycles. The Bertz CT molecular complexity index is 930. The van der Waals surface area contributed by atoms with E-state index in [9.17, 15) is 4.79 Å². The van der Waals surface area contributed by atoms with Gasteiger partial charge in [0.1, 0.15) is 5.76 Å². The third kappa shape index (κ3) is 3.63. The van der Waals surface area contributed by atoms with Crippen LogP contribution in [0.15, 0.2) is 53.1 Å². The van der Waals surface area contributed by atoms with Gasteiger partial charge in [0.2, 0.25) is 5.91 Å². The van der Waals surface area contributed by atoms with Crippen molar-refractivity contribution in [1.29, 1.82) is 0 Å². The monoisotopic (exact) mass is 349 g/mol. The summed E-state index contributed by atoms with van der Waals surface area (Å²) in [5, 5.41) is 9.13. The van der Waals surface area contributed by atoms with E-state index < -0.39 is 0 Å². The number of nitrogens with one attached hydrogen (secondary N) is 1. The molecule has 1 aliphatic rings. The number of aromatic nitrogens is 1. The lowest BCUT2D eigenvalue weighted by molar-refractivity contribution is -0.118. The number of aryl methyl sites for hydroxylation is 1. The van der Waals surface area contributed by atoms with Crippen LogP contribution in [0.4, 0.5) is 5.82 Å². The average Bonchev–Trinajstić information content (AvgIpc) is 3.41. The van der Waals surface area contributed by atoms with Gasteiger partial charge in [0, 0.05) is 18.2 Å². The Morgan fingerprint density at radius 2 is 2.00 bits per heavy atom. The summed E-state index contributed by atoms with van der Waals surface area (Å²) in [7, 11) is 0. The fraction of sp³-hybridized carbons (Fsp3) is 0.333. The molecule has 1 saturated carbocycles. The zero-order chi connectivity index (χ0) is 18.1. The second-order valence-corrected chi connectivity index (χ2v) is 7.06. The van der Waals surface area contributed by atoms with Crippen molar-refractivity contribution in [1.82, 2.24) is 10.1 Å². The maximum absolute atomic E-state index is 12.5. The zero-order valence-corrected chi connectivity index (χ0v) is 15.1. The zero-order valence-electron chi connectivity index (χ0n) is 15.1. The van der Waals surface area contributed by atoms with Gasteiger partial charge in [-0.2, -0.15) is 0 Å². The van der Waals surface area contributed by atoms with Crippen molar-refractivity contribution < 1.29 is 9.32 Å². The van der Waals surface area contributed by atoms with Crippen molar-refractivity contribution in [3.63, 3.8) is 0 Å². The summed E-state index contributed by atoms with van der Waals surface area (Å²) in [6, 6.07) is 17.3. The maximum Gasteiger partial charge on any atom is 0.239 e. The predicted octanol–water partition coefficient (Wildman–Crippen LogP) is 4.30. The number of carbonyl (C=O) groups is 1. The van der Waals surface area contributed by atoms with E-state index in [-0.39, 0.29) is 11.9 Å². The number of anilines is 1. The molecule has 4 rings (SSSR count). The van der Waals surface area contributed by atoms with Crippen molar-refractivity contribution >= 4 is 22.5 Å². The molecular formula is C21H23N3O2. The summed E-state index contributed by atoms with van der Waals surface area (Å²) in [5.41, 5.74) is 1.24. The first-order chi connectivity index (χ1) is 12.6. The first-order valence-corrected chi connectivity index (χ1v) is 9.08. The van der Waals surface area contributed by atoms with E-state index in [4.69, 9.17) is 4.52 Å². The third-order valence-electron chi connectivity index (χ3n) is 4.99. The van der Waals surface area contributed by atoms with Crippen LogP contribution in [0.3, 0.4) is 0 Å². The highest BCUT2D eigenvalue weighted by atomic mass is 16.5. The molecule has 1 N–H and O–H groups in total. The summed E-state index contributed by atoms with van der Waals surface area (Å²) in [6.45, 7) is 4.33. The quantitative estimate of drug-likeness (QED) is 0.721. The van der Waals surface area contributed by atoms with E-state index >= 15 is 0 Å². The van der Waals surface area contributed by atoms with Crippen molar-refractivity contribution in [3.05, 3.63) is 59.9 Å². The molecule has 5 nitrogen and oxygen atoms in total. The SMILES string of the molecule is Cc1cc(NC(=O)CN(C2CC2)C(C)c2ccc3ccccc3c2)no1. The lowest BCUT2D eigenvalue weighted by Crippen LogP contribution is -2.37. The van der Waals surface area contributed by atoms with E-state index in [1.807, 2.05) is 0 Å². The highest BCUT2D eigenvalue weighted by Gasteiger charge is 2.34. The van der Waals surface area contributed by atoms with E-state index in [1.54, 1.807) is 13.0 Å². The molecule has 26 heavy (non-hydrogen) atoms. The Hall–Kier alpha value is -2.66. The molecule has 0 saturated heterocycles. The standard InChI is InChI=1S/C21H23N3O2/c1-14-11-20(23-26-14)22-21(25)13-24(19-9-10-19)15(2)17-8-7-16-5-3-4-6-18(16)12-17/h3-8,11-12,15,19H,9-10,13H2,1-2H3,(H,22,23,25). The minimum atomic E-state index is -0.0576. The molecule has 0 aliphatic heterocycles. The minimum Gasteiger partial charge on any atom is -0.360 e. The molecule has 0 radical (unpaired) electrons. The molecular weight excluding hydrogens is 326 g/mol. The topological polar surface area (TPSA) is 58.4 Å². The Balaban J connectivity index is 1.50. The minimum absolute atomic E-state index is 0.0576. The van der Waals surface area contributed by atoms with Crippen LogP contribution in [-0.2, 0) is 4.79 Å². The van der Waals surface area contributed by atoms with Crippen LogP contribution >= 0.6 is 0 Å². The van der Waals surface area contributed by atoms with Crippen LogP contribution in [0.1, 0.15) is 37.1 Å². The van der Waals surface area contributed by atoms with E-state index in [0.29, 0.717) is 24.2 Å². The van der Waals surface area contributed by atoms with Gasteiger partial charge in [-0.1, -0.05) is 41.6 Å². The lowest BCUT2D eigenvalue weighted by atomic mass is 10.0. The maximum atomic E-state index is 12.5. The molecule has 1 aliphatic carbocycles. The van der Waals surface area contributed by atoms with E-state index in [1.165, 1.54) is 16.3 Å². The summed E-state index contributed by atoms with van der Waals surface area (Å²) < 4.78 is 5.01. The third-order valence-corrected chi connectivity index (χ3v) is 4.99. The van der Waals surface area contributed by atoms with Gasteiger partial charge in [-0.25, -0.2) is 0 Å². The van der Waals surface area contributed by atoms with Gasteiger partial charge in [0.25, 0.3) is 0 Å². The Morgan fingerprint density at radius 3 is 2.69 bits per heavy atom. The summed E-state index contributed by atoms with van der Waals surface area (Å²) in [4.78, 5) is 14.8. The van der Waals surface area contributed by atoms with Crippen molar-refractivity contribution in [3.8, 4) is 0 Å². The van der Waals surface area contributed by atoms with Crippen molar-refractivity contribution in [2.45, 2.75) is 38.8 Å². The van der Waals surface area contributed by atoms with Crippen molar-refractivity contribution in [2.24, 2.45) is 0 Å². The summed E-state index contributed by atoms with van der Waals surface area (Å²) in [6.07, 6.45) is 2.29. The van der Waals surface area contributed by atoms with Gasteiger partial charge < -0.3 is 9.84 Å². The van der Waals surface area contributed by atoms with Gasteiger partial charge >= 0.3 is 0 Å². The summed E-state index contributed by atoms with van der Waals surface area (Å²) in [5.74, 6) is 1.10. The molecule has 1 amide bonds. The highest BCUT2D eigenvalue weighted by Crippen LogP contribution is 2.34. The van der Waals surface area contributed by atoms with Crippen LogP contribution in [0.2, 0.25) is 0 Å². The van der Waals surface area contributed by atoms with Crippen LogP contribution in [0.25, 0.3) is 10.8 Å². The highest BCUT2D eigenvalue weighted by molar-refractivity contribution is 5.91. The number of benzene rings is 2. The Labute approximate surface area is 153 Å². The number of hydrogen-bond acceptors (Lipinski definition) is 4. The predicted molar refractivity (Wildman–Crippen MR) is 102 cm³/mol. The van der Waals surface area contributed by atoms with Crippen LogP contribution in [0, 0.1) is 6.92 Å². The van der Waals surface area contributed by atoms with Crippen molar-refractivity contribution in [2.75, 3.05) is 11.9 Å². The van der Waals surface area contributed by atoms with E-state index in [2.05, 4.69) is 64.8 Å². The molecule has 1 heterocycles. The molecule has 134 valence electrons. The number of carbonyl (C=O) groups excluding carboxylic acids is 1. The second-order valence-electron chi connectivity index (χ2n) is 7.06. The molecule has 1 aromatic heterocycles. The number of rotatable bonds is 6. The molecule has 1 atom stereocenters. The van der Waals surface area contributed by atoms with Gasteiger partial charge in [-0.15, -0.1) is 0 Å². The van der Waals surface area contributed by atoms with Crippen LogP contribution in [0.5, 0.6) is 0 Å². The number of hydrogen-bond donors (Lipinski definition) is 1. The van der Waals surface area contributed by atoms with Gasteiger partial charge in [0.15, 0.2) is 5.82 Å². The van der Waals surface area contributed by atoms with Gasteiger partial charge in [0.05, 0.1) is 6.54 Å². The first kappa shape index (κ1) is 16.8. The number of fused-ring (bicyclic) bond motifs is 1. The largest absolute Gasteiger partial charge is 0.360 e. The van der Waals surface area contributed by atoms with Gasteiger partial charge in [-0.05, 0) is 49.1 Å². The Kier molecular flexibility index (Phi) is 4.47. The average molecular weight is 349 g/mol. The van der Waals surface area contributed by atoms with Crippen LogP contribution in [-0.4, -0.2) is 28.6 Å². The molecule has 3 aromatic rings. The van der Waals surface area contributed by atoms with Gasteiger partial charge in [-0.3, -0.25) is 9.69 Å². The fourth-order valence-electron chi connectivity index (χ4n) is 3.42. The second kappa shape index (κ2) is 6.92. The molecule has 5 heteroatoms. The first-order valence-electron chi connectivity index (χ1n) is 9.08. The molecule has 0 spiro atoms. The molecule has 1 fully saturated rings. The van der Waals surface area contributed by atoms with E-state index in [0.717, 1.165) is 12.8 Å².